The van der Waals surface area contributed by atoms with Gasteiger partial charge in [0.15, 0.2) is 0 Å². The Balaban J connectivity index is 0.682. The summed E-state index contributed by atoms with van der Waals surface area (Å²) in [5, 5.41) is 4.95. The minimum Gasteiger partial charge on any atom is -0.309 e. The van der Waals surface area contributed by atoms with E-state index in [1.807, 2.05) is 0 Å². The Labute approximate surface area is 506 Å². The number of fused-ring (bicyclic) bond motifs is 9. The summed E-state index contributed by atoms with van der Waals surface area (Å²) in [6.45, 7) is 0. The van der Waals surface area contributed by atoms with Crippen LogP contribution in [-0.4, -0.2) is 9.13 Å². The minimum atomic E-state index is -0.519. The fourth-order valence-electron chi connectivity index (χ4n) is 14.4. The van der Waals surface area contributed by atoms with Gasteiger partial charge in [0.05, 0.1) is 33.2 Å². The van der Waals surface area contributed by atoms with E-state index in [-0.39, 0.29) is 0 Å². The lowest BCUT2D eigenvalue weighted by Crippen LogP contribution is -2.28. The number of hydrogen-bond donors (Lipinski definition) is 0. The zero-order chi connectivity index (χ0) is 57.4. The molecule has 0 unspecified atom stereocenters. The Morgan fingerprint density at radius 1 is 0.195 bits per heavy atom. The maximum atomic E-state index is 2.44. The first-order chi connectivity index (χ1) is 43.1. The molecule has 0 amide bonds. The predicted octanol–water partition coefficient (Wildman–Crippen LogP) is 22.2. The van der Waals surface area contributed by atoms with Crippen molar-refractivity contribution < 1.29 is 0 Å². The Bertz CT molecular complexity index is 5230. The van der Waals surface area contributed by atoms with Gasteiger partial charge in [-0.25, -0.2) is 0 Å². The molecule has 87 heavy (non-hydrogen) atoms. The molecule has 2 nitrogen and oxygen atoms in total. The topological polar surface area (TPSA) is 9.86 Å². The molecule has 0 radical (unpaired) electrons. The molecule has 0 atom stereocenters. The van der Waals surface area contributed by atoms with E-state index < -0.39 is 5.41 Å². The summed E-state index contributed by atoms with van der Waals surface area (Å²) in [6, 6.07) is 125. The number of benzene rings is 14. The van der Waals surface area contributed by atoms with Gasteiger partial charge in [0.1, 0.15) is 0 Å². The highest BCUT2D eigenvalue weighted by molar-refractivity contribution is 6.13. The summed E-state index contributed by atoms with van der Waals surface area (Å²) in [7, 11) is 0. The van der Waals surface area contributed by atoms with Gasteiger partial charge in [-0.05, 0) is 155 Å². The third-order valence-corrected chi connectivity index (χ3v) is 18.5. The van der Waals surface area contributed by atoms with Crippen molar-refractivity contribution in [2.75, 3.05) is 0 Å². The van der Waals surface area contributed by atoms with Gasteiger partial charge in [-0.2, -0.15) is 0 Å². The molecule has 0 bridgehead atoms. The summed E-state index contributed by atoms with van der Waals surface area (Å²) in [6.07, 6.45) is 0. The molecule has 406 valence electrons. The van der Waals surface area contributed by atoms with Gasteiger partial charge in [0.2, 0.25) is 0 Å². The summed E-state index contributed by atoms with van der Waals surface area (Å²) in [5.41, 5.74) is 28.6. The summed E-state index contributed by atoms with van der Waals surface area (Å²) in [4.78, 5) is 0. The third-order valence-electron chi connectivity index (χ3n) is 18.5. The van der Waals surface area contributed by atoms with Crippen molar-refractivity contribution in [3.8, 4) is 89.3 Å². The van der Waals surface area contributed by atoms with Gasteiger partial charge in [-0.15, -0.1) is 0 Å². The second-order valence-electron chi connectivity index (χ2n) is 23.1. The molecule has 1 aliphatic carbocycles. The first-order valence-electron chi connectivity index (χ1n) is 30.1. The van der Waals surface area contributed by atoms with Gasteiger partial charge < -0.3 is 9.13 Å². The van der Waals surface area contributed by atoms with Crippen LogP contribution in [0.1, 0.15) is 22.3 Å². The van der Waals surface area contributed by atoms with Gasteiger partial charge in [0, 0.05) is 32.8 Å². The van der Waals surface area contributed by atoms with Crippen LogP contribution < -0.4 is 0 Å². The van der Waals surface area contributed by atoms with E-state index in [0.29, 0.717) is 0 Å². The van der Waals surface area contributed by atoms with E-state index in [0.717, 1.165) is 5.69 Å². The van der Waals surface area contributed by atoms with E-state index in [1.165, 1.54) is 149 Å². The standard InChI is InChI=1S/C85H56N2/c1-3-18-57(19-4-1)58-34-36-59(37-35-58)61-42-48-68(49-43-61)85(78-29-12-7-25-72(78)73-26-8-13-30-79(73)85)69-23-17-22-65(54-69)63-40-38-60(39-41-63)62-44-50-70(51-45-62)86-81-32-15-10-27-74(81)76-55-66(46-52-83(76)86)67-47-53-84-77(56-67)75-28-11-16-33-82(75)87(84)80-31-14-9-24-71(80)64-20-5-2-6-21-64/h1-56H. The molecular weight excluding hydrogens is 1050 g/mol. The van der Waals surface area contributed by atoms with Crippen molar-refractivity contribution in [3.05, 3.63) is 362 Å². The van der Waals surface area contributed by atoms with E-state index in [1.54, 1.807) is 0 Å². The molecule has 0 spiro atoms. The second-order valence-corrected chi connectivity index (χ2v) is 23.1. The van der Waals surface area contributed by atoms with Crippen LogP contribution in [0.25, 0.3) is 133 Å². The van der Waals surface area contributed by atoms with E-state index >= 15 is 0 Å². The number of nitrogens with zero attached hydrogens (tertiary/aromatic N) is 2. The van der Waals surface area contributed by atoms with Crippen LogP contribution in [0.3, 0.4) is 0 Å². The third kappa shape index (κ3) is 8.17. The van der Waals surface area contributed by atoms with Gasteiger partial charge in [-0.1, -0.05) is 279 Å². The van der Waals surface area contributed by atoms with Crippen LogP contribution in [0.2, 0.25) is 0 Å². The Kier molecular flexibility index (Phi) is 11.8. The van der Waals surface area contributed by atoms with E-state index in [4.69, 9.17) is 0 Å². The van der Waals surface area contributed by atoms with Crippen LogP contribution in [0.5, 0.6) is 0 Å². The Hall–Kier alpha value is -11.3. The van der Waals surface area contributed by atoms with Crippen molar-refractivity contribution in [3.63, 3.8) is 0 Å². The predicted molar refractivity (Wildman–Crippen MR) is 365 cm³/mol. The lowest BCUT2D eigenvalue weighted by atomic mass is 9.67. The fraction of sp³-hybridized carbons (Fsp3) is 0.0118. The van der Waals surface area contributed by atoms with Crippen LogP contribution in [0.4, 0.5) is 0 Å². The molecule has 1 aliphatic rings. The van der Waals surface area contributed by atoms with Crippen molar-refractivity contribution in [1.29, 1.82) is 0 Å². The number of aromatic nitrogens is 2. The maximum Gasteiger partial charge on any atom is 0.0713 e. The minimum absolute atomic E-state index is 0.519. The molecule has 2 heteroatoms. The molecule has 2 aromatic heterocycles. The molecule has 14 aromatic carbocycles. The maximum absolute atomic E-state index is 2.44. The fourth-order valence-corrected chi connectivity index (χ4v) is 14.4. The van der Waals surface area contributed by atoms with Gasteiger partial charge >= 0.3 is 0 Å². The summed E-state index contributed by atoms with van der Waals surface area (Å²) < 4.78 is 4.86. The highest BCUT2D eigenvalue weighted by Gasteiger charge is 2.46. The van der Waals surface area contributed by atoms with Gasteiger partial charge in [-0.3, -0.25) is 0 Å². The number of rotatable bonds is 10. The molecular formula is C85H56N2. The normalized spacial score (nSPS) is 12.5. The van der Waals surface area contributed by atoms with Gasteiger partial charge in [0.25, 0.3) is 0 Å². The molecule has 0 saturated carbocycles. The molecule has 0 aliphatic heterocycles. The zero-order valence-electron chi connectivity index (χ0n) is 47.7. The number of hydrogen-bond acceptors (Lipinski definition) is 0. The molecule has 16 aromatic rings. The van der Waals surface area contributed by atoms with Crippen LogP contribution >= 0.6 is 0 Å². The highest BCUT2D eigenvalue weighted by Crippen LogP contribution is 2.56. The molecule has 0 fully saturated rings. The van der Waals surface area contributed by atoms with E-state index in [2.05, 4.69) is 349 Å². The lowest BCUT2D eigenvalue weighted by molar-refractivity contribution is 0.769. The first-order valence-corrected chi connectivity index (χ1v) is 30.1. The lowest BCUT2D eigenvalue weighted by Gasteiger charge is -2.34. The molecule has 17 rings (SSSR count). The Morgan fingerprint density at radius 3 is 1.13 bits per heavy atom. The second kappa shape index (κ2) is 20.5. The van der Waals surface area contributed by atoms with E-state index in [9.17, 15) is 0 Å². The molecule has 0 saturated heterocycles. The van der Waals surface area contributed by atoms with Crippen LogP contribution in [0.15, 0.2) is 340 Å². The SMILES string of the molecule is c1ccc(-c2ccc(-c3ccc(C4(c5cccc(-c6ccc(-c7ccc(-n8c9ccccc9c9cc(-c%10ccc%11c(c%10)c%10ccccc%10n%11-c%10ccccc%10-c%10ccccc%10)ccc98)cc7)cc6)c5)c5ccccc5-c5ccccc54)cc3)cc2)cc1. The van der Waals surface area contributed by atoms with Crippen molar-refractivity contribution in [2.24, 2.45) is 0 Å². The number of para-hydroxylation sites is 3. The summed E-state index contributed by atoms with van der Waals surface area (Å²) in [5.74, 6) is 0. The smallest absolute Gasteiger partial charge is 0.0713 e. The average molecular weight is 1110 g/mol. The monoisotopic (exact) mass is 1100 g/mol. The van der Waals surface area contributed by atoms with Crippen LogP contribution in [0, 0.1) is 0 Å². The van der Waals surface area contributed by atoms with Crippen molar-refractivity contribution in [2.45, 2.75) is 5.41 Å². The molecule has 0 N–H and O–H groups in total. The average Bonchev–Trinajstić information content (AvgIpc) is 1.60. The van der Waals surface area contributed by atoms with Crippen molar-refractivity contribution >= 4 is 43.6 Å². The van der Waals surface area contributed by atoms with Crippen LogP contribution in [-0.2, 0) is 5.41 Å². The summed E-state index contributed by atoms with van der Waals surface area (Å²) >= 11 is 0. The molecule has 2 heterocycles. The van der Waals surface area contributed by atoms with Crippen molar-refractivity contribution in [1.82, 2.24) is 9.13 Å². The highest BCUT2D eigenvalue weighted by atomic mass is 15.0. The largest absolute Gasteiger partial charge is 0.309 e. The quantitative estimate of drug-likeness (QED) is 0.129. The first kappa shape index (κ1) is 50.2. The zero-order valence-corrected chi connectivity index (χ0v) is 47.7. The Morgan fingerprint density at radius 2 is 0.563 bits per heavy atom.